The Kier molecular flexibility index (Phi) is 4.36. The van der Waals surface area contributed by atoms with Crippen molar-refractivity contribution in [2.24, 2.45) is 0 Å². The molecule has 0 amide bonds. The van der Waals surface area contributed by atoms with Gasteiger partial charge in [0.15, 0.2) is 0 Å². The van der Waals surface area contributed by atoms with Crippen molar-refractivity contribution >= 4 is 0 Å². The van der Waals surface area contributed by atoms with Gasteiger partial charge in [-0.3, -0.25) is 0 Å². The van der Waals surface area contributed by atoms with Gasteiger partial charge in [0, 0.05) is 24.7 Å². The molecule has 1 aromatic carbocycles. The molecule has 0 unspecified atom stereocenters. The predicted octanol–water partition coefficient (Wildman–Crippen LogP) is 1.70. The van der Waals surface area contributed by atoms with E-state index in [1.165, 1.54) is 0 Å². The first-order valence-corrected chi connectivity index (χ1v) is 6.10. The second-order valence-electron chi connectivity index (χ2n) is 4.20. The zero-order chi connectivity index (χ0) is 12.8. The molecule has 0 aliphatic rings. The summed E-state index contributed by atoms with van der Waals surface area (Å²) in [6, 6.07) is 8.06. The third-order valence-corrected chi connectivity index (χ3v) is 2.86. The van der Waals surface area contributed by atoms with Gasteiger partial charge in [-0.25, -0.2) is 4.98 Å². The summed E-state index contributed by atoms with van der Waals surface area (Å²) in [5, 5.41) is 3.12. The third kappa shape index (κ3) is 3.11. The molecule has 0 atom stereocenters. The lowest BCUT2D eigenvalue weighted by molar-refractivity contribution is 0.408. The number of benzene rings is 1. The second-order valence-corrected chi connectivity index (χ2v) is 4.20. The molecule has 96 valence electrons. The van der Waals surface area contributed by atoms with Crippen LogP contribution in [0.2, 0.25) is 0 Å². The maximum Gasteiger partial charge on any atom is 0.123 e. The van der Waals surface area contributed by atoms with E-state index >= 15 is 0 Å². The zero-order valence-corrected chi connectivity index (χ0v) is 10.9. The van der Waals surface area contributed by atoms with Crippen molar-refractivity contribution in [3.05, 3.63) is 48.0 Å². The highest BCUT2D eigenvalue weighted by molar-refractivity contribution is 5.33. The predicted molar refractivity (Wildman–Crippen MR) is 72.0 cm³/mol. The van der Waals surface area contributed by atoms with Crippen molar-refractivity contribution < 1.29 is 4.74 Å². The molecule has 2 aromatic rings. The Bertz CT molecular complexity index is 493. The molecule has 0 aliphatic carbocycles. The summed E-state index contributed by atoms with van der Waals surface area (Å²) in [7, 11) is 3.65. The highest BCUT2D eigenvalue weighted by Crippen LogP contribution is 2.18. The summed E-state index contributed by atoms with van der Waals surface area (Å²) in [6.07, 6.45) is 4.91. The monoisotopic (exact) mass is 245 g/mol. The molecule has 1 N–H and O–H groups in total. The molecule has 18 heavy (non-hydrogen) atoms. The van der Waals surface area contributed by atoms with E-state index in [4.69, 9.17) is 4.74 Å². The number of likely N-dealkylation sites (N-methyl/N-ethyl adjacent to an activating group) is 1. The van der Waals surface area contributed by atoms with Crippen LogP contribution in [-0.4, -0.2) is 30.3 Å². The van der Waals surface area contributed by atoms with E-state index in [2.05, 4.69) is 27.1 Å². The van der Waals surface area contributed by atoms with Crippen molar-refractivity contribution in [1.29, 1.82) is 0 Å². The van der Waals surface area contributed by atoms with Crippen molar-refractivity contribution in [1.82, 2.24) is 14.9 Å². The number of hydrogen-bond donors (Lipinski definition) is 1. The van der Waals surface area contributed by atoms with Crippen LogP contribution in [0.25, 0.3) is 0 Å². The Morgan fingerprint density at radius 2 is 2.17 bits per heavy atom. The molecule has 0 saturated carbocycles. The van der Waals surface area contributed by atoms with E-state index in [1.807, 2.05) is 31.6 Å². The van der Waals surface area contributed by atoms with Crippen LogP contribution < -0.4 is 10.1 Å². The first-order valence-electron chi connectivity index (χ1n) is 6.10. The first-order chi connectivity index (χ1) is 8.83. The Balaban J connectivity index is 2.06. The van der Waals surface area contributed by atoms with Gasteiger partial charge in [-0.05, 0) is 13.1 Å². The minimum Gasteiger partial charge on any atom is -0.496 e. The number of aromatic nitrogens is 2. The van der Waals surface area contributed by atoms with Crippen LogP contribution >= 0.6 is 0 Å². The number of imidazole rings is 1. The number of rotatable bonds is 6. The first kappa shape index (κ1) is 12.6. The van der Waals surface area contributed by atoms with Gasteiger partial charge in [0.2, 0.25) is 0 Å². The normalized spacial score (nSPS) is 10.6. The van der Waals surface area contributed by atoms with Crippen molar-refractivity contribution in [3.63, 3.8) is 0 Å². The summed E-state index contributed by atoms with van der Waals surface area (Å²) < 4.78 is 7.43. The van der Waals surface area contributed by atoms with Crippen LogP contribution in [-0.2, 0) is 13.0 Å². The lowest BCUT2D eigenvalue weighted by Gasteiger charge is -2.08. The summed E-state index contributed by atoms with van der Waals surface area (Å²) in [6.45, 7) is 1.74. The molecule has 4 heteroatoms. The minimum atomic E-state index is 0.788. The smallest absolute Gasteiger partial charge is 0.123 e. The molecule has 0 spiro atoms. The van der Waals surface area contributed by atoms with Crippen LogP contribution in [0.3, 0.4) is 0 Å². The summed E-state index contributed by atoms with van der Waals surface area (Å²) >= 11 is 0. The van der Waals surface area contributed by atoms with Gasteiger partial charge in [-0.1, -0.05) is 18.2 Å². The van der Waals surface area contributed by atoms with Crippen molar-refractivity contribution in [2.45, 2.75) is 13.0 Å². The molecule has 4 nitrogen and oxygen atoms in total. The van der Waals surface area contributed by atoms with E-state index in [0.717, 1.165) is 36.5 Å². The largest absolute Gasteiger partial charge is 0.496 e. The fourth-order valence-electron chi connectivity index (χ4n) is 1.91. The quantitative estimate of drug-likeness (QED) is 0.842. The molecule has 0 bridgehead atoms. The van der Waals surface area contributed by atoms with Crippen LogP contribution in [0.5, 0.6) is 5.75 Å². The van der Waals surface area contributed by atoms with E-state index in [-0.39, 0.29) is 0 Å². The van der Waals surface area contributed by atoms with Gasteiger partial charge >= 0.3 is 0 Å². The number of nitrogens with one attached hydrogen (secondary N) is 1. The maximum atomic E-state index is 5.35. The topological polar surface area (TPSA) is 39.1 Å². The van der Waals surface area contributed by atoms with Crippen LogP contribution in [0.1, 0.15) is 11.3 Å². The molecular weight excluding hydrogens is 226 g/mol. The van der Waals surface area contributed by atoms with Gasteiger partial charge in [0.05, 0.1) is 25.7 Å². The van der Waals surface area contributed by atoms with Gasteiger partial charge in [0.25, 0.3) is 0 Å². The fraction of sp³-hybridized carbons (Fsp3) is 0.357. The summed E-state index contributed by atoms with van der Waals surface area (Å²) in [5.41, 5.74) is 2.27. The van der Waals surface area contributed by atoms with Gasteiger partial charge in [-0.2, -0.15) is 0 Å². The number of para-hydroxylation sites is 1. The van der Waals surface area contributed by atoms with E-state index in [9.17, 15) is 0 Å². The molecule has 0 radical (unpaired) electrons. The van der Waals surface area contributed by atoms with Crippen LogP contribution in [0, 0.1) is 0 Å². The molecule has 0 aliphatic heterocycles. The van der Waals surface area contributed by atoms with Crippen molar-refractivity contribution in [3.8, 4) is 5.75 Å². The number of nitrogens with zero attached hydrogens (tertiary/aromatic N) is 2. The fourth-order valence-corrected chi connectivity index (χ4v) is 1.91. The SMILES string of the molecule is CNCCc1cn(Cc2ccccc2OC)cn1. The van der Waals surface area contributed by atoms with Crippen LogP contribution in [0.15, 0.2) is 36.8 Å². The summed E-state index contributed by atoms with van der Waals surface area (Å²) in [5.74, 6) is 0.919. The van der Waals surface area contributed by atoms with E-state index < -0.39 is 0 Å². The van der Waals surface area contributed by atoms with E-state index in [0.29, 0.717) is 0 Å². The Hall–Kier alpha value is -1.81. The lowest BCUT2D eigenvalue weighted by Crippen LogP contribution is -2.10. The Labute approximate surface area is 108 Å². The second kappa shape index (κ2) is 6.21. The molecule has 0 saturated heterocycles. The van der Waals surface area contributed by atoms with Gasteiger partial charge in [0.1, 0.15) is 5.75 Å². The van der Waals surface area contributed by atoms with E-state index in [1.54, 1.807) is 7.11 Å². The van der Waals surface area contributed by atoms with Crippen molar-refractivity contribution in [2.75, 3.05) is 20.7 Å². The third-order valence-electron chi connectivity index (χ3n) is 2.86. The van der Waals surface area contributed by atoms with Gasteiger partial charge in [-0.15, -0.1) is 0 Å². The molecule has 1 heterocycles. The minimum absolute atomic E-state index is 0.788. The average molecular weight is 245 g/mol. The molecule has 0 fully saturated rings. The highest BCUT2D eigenvalue weighted by atomic mass is 16.5. The standard InChI is InChI=1S/C14H19N3O/c1-15-8-7-13-10-17(11-16-13)9-12-5-3-4-6-14(12)18-2/h3-6,10-11,15H,7-9H2,1-2H3. The maximum absolute atomic E-state index is 5.35. The summed E-state index contributed by atoms with van der Waals surface area (Å²) in [4.78, 5) is 4.39. The Morgan fingerprint density at radius 1 is 1.33 bits per heavy atom. The zero-order valence-electron chi connectivity index (χ0n) is 10.9. The number of hydrogen-bond acceptors (Lipinski definition) is 3. The lowest BCUT2D eigenvalue weighted by atomic mass is 10.2. The number of ether oxygens (including phenoxy) is 1. The highest BCUT2D eigenvalue weighted by Gasteiger charge is 2.03. The molecule has 2 rings (SSSR count). The Morgan fingerprint density at radius 3 is 2.94 bits per heavy atom. The van der Waals surface area contributed by atoms with Crippen LogP contribution in [0.4, 0.5) is 0 Å². The molecule has 1 aromatic heterocycles. The number of methoxy groups -OCH3 is 1. The molecular formula is C14H19N3O. The van der Waals surface area contributed by atoms with Gasteiger partial charge < -0.3 is 14.6 Å². The average Bonchev–Trinajstić information content (AvgIpc) is 2.84.